The van der Waals surface area contributed by atoms with E-state index in [2.05, 4.69) is 70.0 Å². The monoisotopic (exact) mass is 458 g/mol. The van der Waals surface area contributed by atoms with Gasteiger partial charge in [0.2, 0.25) is 5.91 Å². The number of benzene rings is 2. The van der Waals surface area contributed by atoms with Crippen molar-refractivity contribution in [1.29, 1.82) is 0 Å². The van der Waals surface area contributed by atoms with Gasteiger partial charge in [-0.3, -0.25) is 9.69 Å². The maximum Gasteiger partial charge on any atom is 0.234 e. The Morgan fingerprint density at radius 1 is 1.15 bits per heavy atom. The first-order valence-electron chi connectivity index (χ1n) is 11.6. The summed E-state index contributed by atoms with van der Waals surface area (Å²) in [7, 11) is 2.00. The van der Waals surface area contributed by atoms with Gasteiger partial charge in [0.25, 0.3) is 0 Å². The maximum absolute atomic E-state index is 13.0. The Kier molecular flexibility index (Phi) is 6.04. The Balaban J connectivity index is 1.36. The molecule has 0 aliphatic carbocycles. The quantitative estimate of drug-likeness (QED) is 0.453. The molecule has 0 bridgehead atoms. The van der Waals surface area contributed by atoms with Gasteiger partial charge in [-0.15, -0.1) is 11.3 Å². The van der Waals surface area contributed by atoms with Crippen LogP contribution in [0.3, 0.4) is 0 Å². The van der Waals surface area contributed by atoms with E-state index in [4.69, 9.17) is 0 Å². The summed E-state index contributed by atoms with van der Waals surface area (Å²) in [5.41, 5.74) is 6.29. The first-order chi connectivity index (χ1) is 16.1. The van der Waals surface area contributed by atoms with Gasteiger partial charge in [-0.2, -0.15) is 0 Å². The van der Waals surface area contributed by atoms with Crippen LogP contribution in [0.4, 0.5) is 0 Å². The maximum atomic E-state index is 13.0. The van der Waals surface area contributed by atoms with Crippen molar-refractivity contribution in [2.24, 2.45) is 7.05 Å². The average Bonchev–Trinajstić information content (AvgIpc) is 3.33. The number of nitrogens with one attached hydrogen (secondary N) is 1. The molecule has 33 heavy (non-hydrogen) atoms. The lowest BCUT2D eigenvalue weighted by Gasteiger charge is -2.36. The molecule has 0 saturated carbocycles. The van der Waals surface area contributed by atoms with E-state index in [1.54, 1.807) is 0 Å². The Morgan fingerprint density at radius 2 is 1.91 bits per heavy atom. The van der Waals surface area contributed by atoms with Crippen molar-refractivity contribution in [1.82, 2.24) is 19.8 Å². The van der Waals surface area contributed by atoms with Gasteiger partial charge in [-0.25, -0.2) is 4.98 Å². The first-order valence-corrected chi connectivity index (χ1v) is 12.5. The molecule has 6 heteroatoms. The highest BCUT2D eigenvalue weighted by Gasteiger charge is 2.33. The summed E-state index contributed by atoms with van der Waals surface area (Å²) in [6.45, 7) is 6.17. The zero-order valence-electron chi connectivity index (χ0n) is 19.5. The number of hydrogen-bond donors (Lipinski definition) is 1. The van der Waals surface area contributed by atoms with Gasteiger partial charge in [-0.1, -0.05) is 49.4 Å². The van der Waals surface area contributed by atoms with Gasteiger partial charge < -0.3 is 9.88 Å². The molecular weight excluding hydrogens is 428 g/mol. The molecule has 1 aliphatic rings. The summed E-state index contributed by atoms with van der Waals surface area (Å²) in [6.07, 6.45) is 2.07. The molecule has 2 aromatic carbocycles. The summed E-state index contributed by atoms with van der Waals surface area (Å²) in [5.74, 6) is 0.905. The van der Waals surface area contributed by atoms with Crippen molar-refractivity contribution in [3.8, 4) is 0 Å². The van der Waals surface area contributed by atoms with Crippen LogP contribution in [-0.2, 0) is 31.2 Å². The highest BCUT2D eigenvalue weighted by molar-refractivity contribution is 7.12. The molecule has 1 aliphatic heterocycles. The van der Waals surface area contributed by atoms with E-state index < -0.39 is 0 Å². The molecule has 170 valence electrons. The zero-order chi connectivity index (χ0) is 22.9. The van der Waals surface area contributed by atoms with Crippen LogP contribution in [-0.4, -0.2) is 33.4 Å². The lowest BCUT2D eigenvalue weighted by atomic mass is 9.92. The van der Waals surface area contributed by atoms with Crippen LogP contribution in [0.5, 0.6) is 0 Å². The molecule has 3 heterocycles. The van der Waals surface area contributed by atoms with Gasteiger partial charge in [0.15, 0.2) is 0 Å². The van der Waals surface area contributed by atoms with Crippen molar-refractivity contribution in [3.63, 3.8) is 0 Å². The second-order valence-corrected chi connectivity index (χ2v) is 9.98. The molecule has 1 amide bonds. The highest BCUT2D eigenvalue weighted by Crippen LogP contribution is 2.42. The second kappa shape index (κ2) is 9.12. The van der Waals surface area contributed by atoms with Gasteiger partial charge in [0.1, 0.15) is 5.82 Å². The number of aryl methyl sites for hydroxylation is 2. The van der Waals surface area contributed by atoms with Crippen LogP contribution < -0.4 is 5.32 Å². The van der Waals surface area contributed by atoms with E-state index in [1.807, 2.05) is 36.6 Å². The van der Waals surface area contributed by atoms with E-state index >= 15 is 0 Å². The Labute approximate surface area is 199 Å². The summed E-state index contributed by atoms with van der Waals surface area (Å²) >= 11 is 1.90. The molecule has 4 aromatic rings. The minimum absolute atomic E-state index is 0.0374. The SMILES string of the molecule is CCc1c(C)sc2c1CCN(CC(=O)NCc1nc3ccccc3n1C)C2c1ccccc1. The summed E-state index contributed by atoms with van der Waals surface area (Å²) in [4.78, 5) is 22.9. The van der Waals surface area contributed by atoms with E-state index in [0.717, 1.165) is 36.2 Å². The predicted molar refractivity (Wildman–Crippen MR) is 135 cm³/mol. The summed E-state index contributed by atoms with van der Waals surface area (Å²) in [5, 5.41) is 3.11. The van der Waals surface area contributed by atoms with Gasteiger partial charge in [0, 0.05) is 23.3 Å². The number of aromatic nitrogens is 2. The van der Waals surface area contributed by atoms with Crippen LogP contribution in [0.1, 0.15) is 45.2 Å². The van der Waals surface area contributed by atoms with Crippen molar-refractivity contribution in [2.75, 3.05) is 13.1 Å². The number of thiophene rings is 1. The minimum Gasteiger partial charge on any atom is -0.348 e. The van der Waals surface area contributed by atoms with Crippen LogP contribution in [0.25, 0.3) is 11.0 Å². The number of fused-ring (bicyclic) bond motifs is 2. The molecule has 5 nitrogen and oxygen atoms in total. The van der Waals surface area contributed by atoms with Crippen molar-refractivity contribution >= 4 is 28.3 Å². The number of hydrogen-bond acceptors (Lipinski definition) is 4. The number of carbonyl (C=O) groups is 1. The third-order valence-corrected chi connectivity index (χ3v) is 7.99. The number of amides is 1. The number of para-hydroxylation sites is 2. The molecule has 0 radical (unpaired) electrons. The number of nitrogens with zero attached hydrogens (tertiary/aromatic N) is 3. The fourth-order valence-corrected chi connectivity index (χ4v) is 6.56. The van der Waals surface area contributed by atoms with Gasteiger partial charge in [0.05, 0.1) is 30.2 Å². The molecule has 0 spiro atoms. The standard InChI is InChI=1S/C27H30N4OS/c1-4-20-18(2)33-27-21(20)14-15-31(26(27)19-10-6-5-7-11-19)17-25(32)28-16-24-29-22-12-8-9-13-23(22)30(24)3/h5-13,26H,4,14-17H2,1-3H3,(H,28,32). The van der Waals surface area contributed by atoms with E-state index in [1.165, 1.54) is 26.4 Å². The Morgan fingerprint density at radius 3 is 2.67 bits per heavy atom. The third kappa shape index (κ3) is 4.09. The van der Waals surface area contributed by atoms with E-state index in [0.29, 0.717) is 13.1 Å². The molecular formula is C27H30N4OS. The smallest absolute Gasteiger partial charge is 0.234 e. The van der Waals surface area contributed by atoms with E-state index in [9.17, 15) is 4.79 Å². The number of rotatable bonds is 6. The number of imidazole rings is 1. The summed E-state index contributed by atoms with van der Waals surface area (Å²) < 4.78 is 2.05. The minimum atomic E-state index is 0.0374. The van der Waals surface area contributed by atoms with Gasteiger partial charge in [-0.05, 0) is 48.6 Å². The molecule has 5 rings (SSSR count). The van der Waals surface area contributed by atoms with Crippen molar-refractivity contribution in [2.45, 2.75) is 39.3 Å². The van der Waals surface area contributed by atoms with Crippen LogP contribution in [0.15, 0.2) is 54.6 Å². The van der Waals surface area contributed by atoms with Crippen molar-refractivity contribution in [3.05, 3.63) is 86.9 Å². The molecule has 1 N–H and O–H groups in total. The van der Waals surface area contributed by atoms with Crippen LogP contribution in [0, 0.1) is 6.92 Å². The summed E-state index contributed by atoms with van der Waals surface area (Å²) in [6, 6.07) is 18.8. The lowest BCUT2D eigenvalue weighted by Crippen LogP contribution is -2.42. The van der Waals surface area contributed by atoms with Crippen molar-refractivity contribution < 1.29 is 4.79 Å². The first kappa shape index (κ1) is 21.9. The molecule has 1 unspecified atom stereocenters. The number of carbonyl (C=O) groups excluding carboxylic acids is 1. The molecule has 0 saturated heterocycles. The largest absolute Gasteiger partial charge is 0.348 e. The fraction of sp³-hybridized carbons (Fsp3) is 0.333. The Hall–Kier alpha value is -2.96. The normalized spacial score (nSPS) is 16.2. The van der Waals surface area contributed by atoms with Gasteiger partial charge >= 0.3 is 0 Å². The molecule has 2 aromatic heterocycles. The molecule has 0 fully saturated rings. The lowest BCUT2D eigenvalue weighted by molar-refractivity contribution is -0.122. The predicted octanol–water partition coefficient (Wildman–Crippen LogP) is 4.77. The second-order valence-electron chi connectivity index (χ2n) is 8.72. The average molecular weight is 459 g/mol. The third-order valence-electron chi connectivity index (χ3n) is 6.75. The van der Waals surface area contributed by atoms with E-state index in [-0.39, 0.29) is 11.9 Å². The topological polar surface area (TPSA) is 50.2 Å². The Bertz CT molecular complexity index is 1290. The molecule has 1 atom stereocenters. The highest BCUT2D eigenvalue weighted by atomic mass is 32.1. The zero-order valence-corrected chi connectivity index (χ0v) is 20.3. The van der Waals surface area contributed by atoms with Crippen LogP contribution in [0.2, 0.25) is 0 Å². The van der Waals surface area contributed by atoms with Crippen LogP contribution >= 0.6 is 11.3 Å². The fourth-order valence-electron chi connectivity index (χ4n) is 5.10.